The summed E-state index contributed by atoms with van der Waals surface area (Å²) in [5.41, 5.74) is 0.0630. The van der Waals surface area contributed by atoms with E-state index in [9.17, 15) is 9.59 Å². The Morgan fingerprint density at radius 1 is 1.12 bits per heavy atom. The van der Waals surface area contributed by atoms with Gasteiger partial charge in [0, 0.05) is 12.1 Å². The summed E-state index contributed by atoms with van der Waals surface area (Å²) >= 11 is 0. The van der Waals surface area contributed by atoms with Gasteiger partial charge in [-0.25, -0.2) is 0 Å². The Morgan fingerprint density at radius 3 is 2.04 bits per heavy atom. The average Bonchev–Trinajstić information content (AvgIpc) is 2.43. The smallest absolute Gasteiger partial charge is 0.293 e. The van der Waals surface area contributed by atoms with Gasteiger partial charge in [-0.3, -0.25) is 9.59 Å². The molecule has 0 aromatic heterocycles. The van der Waals surface area contributed by atoms with Crippen LogP contribution in [0.2, 0.25) is 0 Å². The van der Waals surface area contributed by atoms with Gasteiger partial charge in [0.2, 0.25) is 0 Å². The second-order valence-electron chi connectivity index (χ2n) is 6.90. The van der Waals surface area contributed by atoms with E-state index in [4.69, 9.17) is 4.74 Å². The third-order valence-electron chi connectivity index (χ3n) is 2.27. The van der Waals surface area contributed by atoms with Gasteiger partial charge in [-0.05, 0) is 54.5 Å². The van der Waals surface area contributed by atoms with E-state index in [0.29, 0.717) is 25.2 Å². The molecule has 0 radical (unpaired) electrons. The standard InChI is InChI=1S/C14H23NO2.C5H10O2/c1-6-8-9-12(7-2)13(16)15-10-11-17-14(3,4)5;1-5(2,3)7-4-6/h6-9H,2,10-11H2,1,3-5H3,(H,15,16);4H,1-3H3/b8-6-,12-9+;. The highest BCUT2D eigenvalue weighted by molar-refractivity contribution is 5.96. The van der Waals surface area contributed by atoms with Crippen molar-refractivity contribution >= 4 is 12.4 Å². The van der Waals surface area contributed by atoms with Crippen molar-refractivity contribution < 1.29 is 19.1 Å². The van der Waals surface area contributed by atoms with Gasteiger partial charge in [-0.15, -0.1) is 0 Å². The van der Waals surface area contributed by atoms with Gasteiger partial charge in [-0.2, -0.15) is 0 Å². The van der Waals surface area contributed by atoms with Gasteiger partial charge < -0.3 is 14.8 Å². The van der Waals surface area contributed by atoms with Crippen LogP contribution in [-0.4, -0.2) is 36.7 Å². The second kappa shape index (κ2) is 12.5. The van der Waals surface area contributed by atoms with Crippen molar-refractivity contribution in [1.82, 2.24) is 5.32 Å². The normalized spacial score (nSPS) is 12.2. The molecule has 0 unspecified atom stereocenters. The van der Waals surface area contributed by atoms with Crippen LogP contribution in [0, 0.1) is 0 Å². The molecule has 1 N–H and O–H groups in total. The predicted octanol–water partition coefficient (Wildman–Crippen LogP) is 3.56. The Morgan fingerprint density at radius 2 is 1.71 bits per heavy atom. The fourth-order valence-corrected chi connectivity index (χ4v) is 1.20. The van der Waals surface area contributed by atoms with Crippen LogP contribution in [0.4, 0.5) is 0 Å². The van der Waals surface area contributed by atoms with Crippen molar-refractivity contribution in [2.75, 3.05) is 13.2 Å². The Labute approximate surface area is 146 Å². The van der Waals surface area contributed by atoms with E-state index in [1.165, 1.54) is 0 Å². The van der Waals surface area contributed by atoms with E-state index in [-0.39, 0.29) is 17.1 Å². The maximum absolute atomic E-state index is 11.7. The van der Waals surface area contributed by atoms with Crippen LogP contribution in [0.5, 0.6) is 0 Å². The minimum absolute atomic E-state index is 0.129. The number of carbonyl (C=O) groups excluding carboxylic acids is 2. The van der Waals surface area contributed by atoms with Crippen LogP contribution in [0.3, 0.4) is 0 Å². The van der Waals surface area contributed by atoms with Gasteiger partial charge in [0.15, 0.2) is 0 Å². The summed E-state index contributed by atoms with van der Waals surface area (Å²) in [5.74, 6) is -0.129. The summed E-state index contributed by atoms with van der Waals surface area (Å²) < 4.78 is 10.0. The minimum Gasteiger partial charge on any atom is -0.462 e. The zero-order valence-corrected chi connectivity index (χ0v) is 16.1. The van der Waals surface area contributed by atoms with E-state index in [2.05, 4.69) is 16.6 Å². The maximum Gasteiger partial charge on any atom is 0.293 e. The van der Waals surface area contributed by atoms with Gasteiger partial charge in [0.05, 0.1) is 12.2 Å². The van der Waals surface area contributed by atoms with Crippen molar-refractivity contribution in [2.24, 2.45) is 0 Å². The number of hydrogen-bond acceptors (Lipinski definition) is 4. The lowest BCUT2D eigenvalue weighted by molar-refractivity contribution is -0.138. The van der Waals surface area contributed by atoms with E-state index in [0.717, 1.165) is 0 Å². The molecule has 0 aliphatic rings. The first-order chi connectivity index (χ1) is 11.0. The molecule has 1 amide bonds. The summed E-state index contributed by atoms with van der Waals surface area (Å²) in [6.45, 7) is 18.4. The predicted molar refractivity (Wildman–Crippen MR) is 98.7 cm³/mol. The average molecular weight is 339 g/mol. The van der Waals surface area contributed by atoms with Crippen LogP contribution in [-0.2, 0) is 19.1 Å². The van der Waals surface area contributed by atoms with Crippen LogP contribution in [0.25, 0.3) is 0 Å². The number of hydrogen-bond donors (Lipinski definition) is 1. The zero-order chi connectivity index (χ0) is 19.2. The molecule has 0 aliphatic heterocycles. The van der Waals surface area contributed by atoms with Gasteiger partial charge in [0.1, 0.15) is 5.60 Å². The molecule has 0 aromatic carbocycles. The van der Waals surface area contributed by atoms with Crippen molar-refractivity contribution in [2.45, 2.75) is 59.7 Å². The number of amides is 1. The van der Waals surface area contributed by atoms with Crippen molar-refractivity contribution in [3.63, 3.8) is 0 Å². The lowest BCUT2D eigenvalue weighted by Gasteiger charge is -2.19. The number of allylic oxidation sites excluding steroid dienone is 3. The fourth-order valence-electron chi connectivity index (χ4n) is 1.20. The highest BCUT2D eigenvalue weighted by Crippen LogP contribution is 2.05. The van der Waals surface area contributed by atoms with Crippen LogP contribution in [0.1, 0.15) is 48.5 Å². The molecule has 5 heteroatoms. The van der Waals surface area contributed by atoms with Crippen LogP contribution >= 0.6 is 0 Å². The minimum atomic E-state index is -0.318. The molecule has 0 spiro atoms. The first kappa shape index (κ1) is 24.4. The van der Waals surface area contributed by atoms with E-state index < -0.39 is 0 Å². The molecule has 0 atom stereocenters. The van der Waals surface area contributed by atoms with E-state index in [1.54, 1.807) is 12.2 Å². The molecule has 5 nitrogen and oxygen atoms in total. The largest absolute Gasteiger partial charge is 0.462 e. The molecule has 0 saturated heterocycles. The van der Waals surface area contributed by atoms with E-state index >= 15 is 0 Å². The zero-order valence-electron chi connectivity index (χ0n) is 16.1. The first-order valence-electron chi connectivity index (χ1n) is 7.96. The highest BCUT2D eigenvalue weighted by Gasteiger charge is 2.10. The Kier molecular flexibility index (Phi) is 12.7. The summed E-state index contributed by atoms with van der Waals surface area (Å²) in [6, 6.07) is 0. The topological polar surface area (TPSA) is 64.6 Å². The second-order valence-corrected chi connectivity index (χ2v) is 6.90. The lowest BCUT2D eigenvalue weighted by Crippen LogP contribution is -2.31. The van der Waals surface area contributed by atoms with Crippen LogP contribution < -0.4 is 5.32 Å². The van der Waals surface area contributed by atoms with Crippen molar-refractivity contribution in [3.05, 3.63) is 36.5 Å². The Hall–Kier alpha value is -1.88. The van der Waals surface area contributed by atoms with Crippen molar-refractivity contribution in [3.8, 4) is 0 Å². The molecule has 0 bridgehead atoms. The number of rotatable bonds is 7. The molecule has 24 heavy (non-hydrogen) atoms. The summed E-state index contributed by atoms with van der Waals surface area (Å²) in [4.78, 5) is 21.3. The molecule has 0 fully saturated rings. The monoisotopic (exact) mass is 339 g/mol. The molecular weight excluding hydrogens is 306 g/mol. The molecule has 0 aliphatic carbocycles. The molecular formula is C19H33NO4. The van der Waals surface area contributed by atoms with Crippen molar-refractivity contribution in [1.29, 1.82) is 0 Å². The molecule has 0 rings (SSSR count). The summed E-state index contributed by atoms with van der Waals surface area (Å²) in [6.07, 6.45) is 6.94. The third kappa shape index (κ3) is 18.2. The summed E-state index contributed by atoms with van der Waals surface area (Å²) in [7, 11) is 0. The Balaban J connectivity index is 0. The summed E-state index contributed by atoms with van der Waals surface area (Å²) in [5, 5.41) is 2.78. The Bertz CT molecular complexity index is 437. The van der Waals surface area contributed by atoms with E-state index in [1.807, 2.05) is 60.6 Å². The quantitative estimate of drug-likeness (QED) is 0.333. The van der Waals surface area contributed by atoms with Gasteiger partial charge in [0.25, 0.3) is 12.4 Å². The number of carbonyl (C=O) groups is 2. The molecule has 0 saturated carbocycles. The SMILES string of the molecule is C=C/C(=C\C=C/C)C(=O)NCCOC(C)(C)C.CC(C)(C)OC=O. The molecule has 138 valence electrons. The number of ether oxygens (including phenoxy) is 2. The third-order valence-corrected chi connectivity index (χ3v) is 2.27. The first-order valence-corrected chi connectivity index (χ1v) is 7.96. The maximum atomic E-state index is 11.7. The highest BCUT2D eigenvalue weighted by atomic mass is 16.5. The van der Waals surface area contributed by atoms with Crippen LogP contribution in [0.15, 0.2) is 36.5 Å². The lowest BCUT2D eigenvalue weighted by atomic mass is 10.2. The van der Waals surface area contributed by atoms with Gasteiger partial charge >= 0.3 is 0 Å². The van der Waals surface area contributed by atoms with Gasteiger partial charge in [-0.1, -0.05) is 24.8 Å². The fraction of sp³-hybridized carbons (Fsp3) is 0.579. The molecule has 0 heterocycles. The molecule has 0 aromatic rings. The number of nitrogens with one attached hydrogen (secondary N) is 1.